The summed E-state index contributed by atoms with van der Waals surface area (Å²) in [6.07, 6.45) is 2.51. The van der Waals surface area contributed by atoms with Gasteiger partial charge in [-0.05, 0) is 75.4 Å². The molecule has 2 aromatic carbocycles. The summed E-state index contributed by atoms with van der Waals surface area (Å²) in [6, 6.07) is 15.7. The van der Waals surface area contributed by atoms with Crippen LogP contribution in [0.2, 0.25) is 0 Å². The lowest BCUT2D eigenvalue weighted by atomic mass is 9.99. The van der Waals surface area contributed by atoms with Gasteiger partial charge >= 0.3 is 0 Å². The molecule has 3 atom stereocenters. The number of rotatable bonds is 9. The minimum atomic E-state index is -0.512. The van der Waals surface area contributed by atoms with Crippen molar-refractivity contribution in [1.82, 2.24) is 15.5 Å². The SMILES string of the molecule is CN[C@@H](C)C(=O)N[C@@H](CC(C)C)C(=O)N1CCC[C@H]1c1cccc(Nc2ccccc2C)c1. The zero-order chi connectivity index (χ0) is 24.0. The molecule has 1 heterocycles. The van der Waals surface area contributed by atoms with E-state index in [1.54, 1.807) is 14.0 Å². The minimum Gasteiger partial charge on any atom is -0.355 e. The second kappa shape index (κ2) is 11.3. The number of nitrogens with zero attached hydrogens (tertiary/aromatic N) is 1. The zero-order valence-electron chi connectivity index (χ0n) is 20.5. The molecular weight excluding hydrogens is 412 g/mol. The molecule has 0 bridgehead atoms. The molecule has 0 spiro atoms. The van der Waals surface area contributed by atoms with Crippen molar-refractivity contribution < 1.29 is 9.59 Å². The van der Waals surface area contributed by atoms with Crippen LogP contribution in [0.3, 0.4) is 0 Å². The van der Waals surface area contributed by atoms with Crippen molar-refractivity contribution in [3.63, 3.8) is 0 Å². The van der Waals surface area contributed by atoms with E-state index in [2.05, 4.69) is 67.1 Å². The number of likely N-dealkylation sites (N-methyl/N-ethyl adjacent to an activating group) is 1. The summed E-state index contributed by atoms with van der Waals surface area (Å²) in [5.41, 5.74) is 4.39. The second-order valence-electron chi connectivity index (χ2n) is 9.46. The van der Waals surface area contributed by atoms with Crippen LogP contribution in [0.1, 0.15) is 57.2 Å². The van der Waals surface area contributed by atoms with Gasteiger partial charge in [0.15, 0.2) is 0 Å². The van der Waals surface area contributed by atoms with E-state index in [1.165, 1.54) is 5.56 Å². The number of carbonyl (C=O) groups is 2. The average Bonchev–Trinajstić information content (AvgIpc) is 3.29. The molecule has 33 heavy (non-hydrogen) atoms. The quantitative estimate of drug-likeness (QED) is 0.524. The Kier molecular flexibility index (Phi) is 8.50. The molecule has 1 aliphatic heterocycles. The first-order valence-corrected chi connectivity index (χ1v) is 12.0. The van der Waals surface area contributed by atoms with E-state index in [9.17, 15) is 9.59 Å². The van der Waals surface area contributed by atoms with Crippen molar-refractivity contribution in [3.8, 4) is 0 Å². The van der Waals surface area contributed by atoms with E-state index >= 15 is 0 Å². The van der Waals surface area contributed by atoms with Crippen LogP contribution >= 0.6 is 0 Å². The Morgan fingerprint density at radius 2 is 1.85 bits per heavy atom. The first-order valence-electron chi connectivity index (χ1n) is 12.0. The fourth-order valence-electron chi connectivity index (χ4n) is 4.39. The summed E-state index contributed by atoms with van der Waals surface area (Å²) in [7, 11) is 1.75. The van der Waals surface area contributed by atoms with Gasteiger partial charge < -0.3 is 20.9 Å². The molecular formula is C27H38N4O2. The highest BCUT2D eigenvalue weighted by atomic mass is 16.2. The molecule has 1 aliphatic rings. The van der Waals surface area contributed by atoms with E-state index < -0.39 is 6.04 Å². The number of benzene rings is 2. The number of amides is 2. The molecule has 3 N–H and O–H groups in total. The molecule has 0 radical (unpaired) electrons. The Bertz CT molecular complexity index is 959. The minimum absolute atomic E-state index is 0.0140. The van der Waals surface area contributed by atoms with Crippen LogP contribution in [0.4, 0.5) is 11.4 Å². The van der Waals surface area contributed by atoms with Gasteiger partial charge in [-0.2, -0.15) is 0 Å². The summed E-state index contributed by atoms with van der Waals surface area (Å²) in [6.45, 7) is 8.76. The van der Waals surface area contributed by atoms with Crippen molar-refractivity contribution in [1.29, 1.82) is 0 Å². The van der Waals surface area contributed by atoms with Gasteiger partial charge in [0.25, 0.3) is 0 Å². The van der Waals surface area contributed by atoms with E-state index in [4.69, 9.17) is 0 Å². The molecule has 0 saturated carbocycles. The Morgan fingerprint density at radius 1 is 1.09 bits per heavy atom. The first-order chi connectivity index (χ1) is 15.8. The van der Waals surface area contributed by atoms with Gasteiger partial charge in [-0.1, -0.05) is 44.2 Å². The summed E-state index contributed by atoms with van der Waals surface area (Å²) in [5, 5.41) is 9.45. The lowest BCUT2D eigenvalue weighted by Gasteiger charge is -2.31. The van der Waals surface area contributed by atoms with Crippen LogP contribution in [-0.2, 0) is 9.59 Å². The van der Waals surface area contributed by atoms with Gasteiger partial charge in [-0.3, -0.25) is 9.59 Å². The maximum Gasteiger partial charge on any atom is 0.245 e. The van der Waals surface area contributed by atoms with E-state index in [1.807, 2.05) is 23.1 Å². The van der Waals surface area contributed by atoms with Gasteiger partial charge in [0, 0.05) is 17.9 Å². The molecule has 1 saturated heterocycles. The lowest BCUT2D eigenvalue weighted by Crippen LogP contribution is -2.52. The Morgan fingerprint density at radius 3 is 2.55 bits per heavy atom. The molecule has 6 nitrogen and oxygen atoms in total. The Hall–Kier alpha value is -2.86. The number of para-hydroxylation sites is 1. The van der Waals surface area contributed by atoms with Crippen molar-refractivity contribution >= 4 is 23.2 Å². The number of aryl methyl sites for hydroxylation is 1. The molecule has 3 rings (SSSR count). The smallest absolute Gasteiger partial charge is 0.245 e. The average molecular weight is 451 g/mol. The number of anilines is 2. The number of hydrogen-bond acceptors (Lipinski definition) is 4. The summed E-state index contributed by atoms with van der Waals surface area (Å²) < 4.78 is 0. The highest BCUT2D eigenvalue weighted by Crippen LogP contribution is 2.34. The monoisotopic (exact) mass is 450 g/mol. The second-order valence-corrected chi connectivity index (χ2v) is 9.46. The highest BCUT2D eigenvalue weighted by molar-refractivity contribution is 5.90. The molecule has 0 aromatic heterocycles. The topological polar surface area (TPSA) is 73.5 Å². The van der Waals surface area contributed by atoms with Crippen molar-refractivity contribution in [2.75, 3.05) is 18.9 Å². The van der Waals surface area contributed by atoms with Crippen LogP contribution in [0.25, 0.3) is 0 Å². The Labute approximate surface area is 198 Å². The molecule has 1 fully saturated rings. The lowest BCUT2D eigenvalue weighted by molar-refractivity contribution is -0.138. The largest absolute Gasteiger partial charge is 0.355 e. The standard InChI is InChI=1S/C27H38N4O2/c1-18(2)16-24(30-26(32)20(4)28-5)27(33)31-15-9-14-25(31)21-11-8-12-22(17-21)29-23-13-7-6-10-19(23)3/h6-8,10-13,17-18,20,24-25,28-29H,9,14-16H2,1-5H3,(H,30,32)/t20-,24-,25-/m0/s1. The first kappa shape index (κ1) is 24.8. The van der Waals surface area contributed by atoms with E-state index in [0.717, 1.165) is 29.8 Å². The van der Waals surface area contributed by atoms with Crippen LogP contribution in [0.5, 0.6) is 0 Å². The van der Waals surface area contributed by atoms with Gasteiger partial charge in [0.1, 0.15) is 6.04 Å². The summed E-state index contributed by atoms with van der Waals surface area (Å²) >= 11 is 0. The third kappa shape index (κ3) is 6.35. The molecule has 2 amide bonds. The number of nitrogens with one attached hydrogen (secondary N) is 3. The van der Waals surface area contributed by atoms with Crippen molar-refractivity contribution in [2.45, 2.75) is 65.1 Å². The van der Waals surface area contributed by atoms with Crippen molar-refractivity contribution in [2.24, 2.45) is 5.92 Å². The van der Waals surface area contributed by atoms with E-state index in [-0.39, 0.29) is 23.9 Å². The normalized spacial score (nSPS) is 17.6. The molecule has 0 unspecified atom stereocenters. The highest BCUT2D eigenvalue weighted by Gasteiger charge is 2.35. The predicted molar refractivity (Wildman–Crippen MR) is 134 cm³/mol. The van der Waals surface area contributed by atoms with Crippen LogP contribution in [-0.4, -0.2) is 42.4 Å². The van der Waals surface area contributed by atoms with E-state index in [0.29, 0.717) is 18.9 Å². The van der Waals surface area contributed by atoms with Gasteiger partial charge in [0.2, 0.25) is 11.8 Å². The number of carbonyl (C=O) groups excluding carboxylic acids is 2. The molecule has 178 valence electrons. The molecule has 0 aliphatic carbocycles. The van der Waals surface area contributed by atoms with Crippen LogP contribution in [0.15, 0.2) is 48.5 Å². The Balaban J connectivity index is 1.79. The summed E-state index contributed by atoms with van der Waals surface area (Å²) in [4.78, 5) is 28.1. The number of hydrogen-bond donors (Lipinski definition) is 3. The molecule has 2 aromatic rings. The third-order valence-electron chi connectivity index (χ3n) is 6.38. The van der Waals surface area contributed by atoms with Gasteiger partial charge in [-0.25, -0.2) is 0 Å². The summed E-state index contributed by atoms with van der Waals surface area (Å²) in [5.74, 6) is 0.170. The van der Waals surface area contributed by atoms with Gasteiger partial charge in [-0.15, -0.1) is 0 Å². The predicted octanol–water partition coefficient (Wildman–Crippen LogP) is 4.54. The fraction of sp³-hybridized carbons (Fsp3) is 0.481. The van der Waals surface area contributed by atoms with Gasteiger partial charge in [0.05, 0.1) is 12.1 Å². The maximum atomic E-state index is 13.6. The van der Waals surface area contributed by atoms with Crippen LogP contribution < -0.4 is 16.0 Å². The molecule has 6 heteroatoms. The number of likely N-dealkylation sites (tertiary alicyclic amines) is 1. The maximum absolute atomic E-state index is 13.6. The zero-order valence-corrected chi connectivity index (χ0v) is 20.5. The third-order valence-corrected chi connectivity index (χ3v) is 6.38. The fourth-order valence-corrected chi connectivity index (χ4v) is 4.39. The van der Waals surface area contributed by atoms with Crippen LogP contribution in [0, 0.1) is 12.8 Å². The van der Waals surface area contributed by atoms with Crippen molar-refractivity contribution in [3.05, 3.63) is 59.7 Å².